The highest BCUT2D eigenvalue weighted by atomic mass is 16.5. The molecule has 0 amide bonds. The zero-order valence-electron chi connectivity index (χ0n) is 9.85. The van der Waals surface area contributed by atoms with Crippen molar-refractivity contribution in [3.05, 3.63) is 41.8 Å². The lowest BCUT2D eigenvalue weighted by atomic mass is 10.1. The largest absolute Gasteiger partial charge is 0.493 e. The SMILES string of the molecule is C=C1CC1c1nc(-c2ccc3c(c2)CCO3)no1. The van der Waals surface area contributed by atoms with E-state index >= 15 is 0 Å². The monoisotopic (exact) mass is 240 g/mol. The third-order valence-electron chi connectivity index (χ3n) is 3.49. The van der Waals surface area contributed by atoms with Crippen LogP contribution in [-0.4, -0.2) is 16.7 Å². The Morgan fingerprint density at radius 2 is 2.22 bits per heavy atom. The molecule has 1 aromatic heterocycles. The smallest absolute Gasteiger partial charge is 0.234 e. The summed E-state index contributed by atoms with van der Waals surface area (Å²) in [4.78, 5) is 4.44. The third kappa shape index (κ3) is 1.45. The van der Waals surface area contributed by atoms with Crippen molar-refractivity contribution in [2.75, 3.05) is 6.61 Å². The van der Waals surface area contributed by atoms with Gasteiger partial charge in [0.15, 0.2) is 0 Å². The minimum atomic E-state index is 0.281. The predicted octanol–water partition coefficient (Wildman–Crippen LogP) is 2.72. The lowest BCUT2D eigenvalue weighted by molar-refractivity contribution is 0.357. The minimum absolute atomic E-state index is 0.281. The Hall–Kier alpha value is -2.10. The van der Waals surface area contributed by atoms with Gasteiger partial charge in [0.2, 0.25) is 11.7 Å². The van der Waals surface area contributed by atoms with Gasteiger partial charge in [0.05, 0.1) is 12.5 Å². The first kappa shape index (κ1) is 9.88. The van der Waals surface area contributed by atoms with E-state index in [0.717, 1.165) is 30.8 Å². The number of rotatable bonds is 2. The molecule has 4 nitrogen and oxygen atoms in total. The van der Waals surface area contributed by atoms with E-state index in [1.54, 1.807) is 0 Å². The molecule has 1 aromatic carbocycles. The average molecular weight is 240 g/mol. The Balaban J connectivity index is 1.70. The van der Waals surface area contributed by atoms with Gasteiger partial charge in [-0.1, -0.05) is 17.3 Å². The second-order valence-corrected chi connectivity index (χ2v) is 4.79. The summed E-state index contributed by atoms with van der Waals surface area (Å²) in [6.45, 7) is 4.67. The van der Waals surface area contributed by atoms with Crippen molar-refractivity contribution in [1.29, 1.82) is 0 Å². The van der Waals surface area contributed by atoms with E-state index in [1.165, 1.54) is 11.1 Å². The normalized spacial score (nSPS) is 20.7. The fourth-order valence-corrected chi connectivity index (χ4v) is 2.28. The standard InChI is InChI=1S/C14H12N2O2/c1-8-6-11(8)14-15-13(16-18-14)10-2-3-12-9(7-10)4-5-17-12/h2-3,7,11H,1,4-6H2. The zero-order valence-corrected chi connectivity index (χ0v) is 9.85. The molecule has 1 fully saturated rings. The van der Waals surface area contributed by atoms with Gasteiger partial charge in [-0.3, -0.25) is 0 Å². The maximum Gasteiger partial charge on any atom is 0.234 e. The van der Waals surface area contributed by atoms with Crippen LogP contribution in [0.1, 0.15) is 23.8 Å². The maximum absolute atomic E-state index is 5.48. The first-order chi connectivity index (χ1) is 8.81. The second-order valence-electron chi connectivity index (χ2n) is 4.79. The first-order valence-electron chi connectivity index (χ1n) is 6.08. The highest BCUT2D eigenvalue weighted by Gasteiger charge is 2.34. The molecule has 4 heteroatoms. The van der Waals surface area contributed by atoms with Crippen LogP contribution in [0.15, 0.2) is 34.9 Å². The molecule has 1 atom stereocenters. The molecule has 18 heavy (non-hydrogen) atoms. The third-order valence-corrected chi connectivity index (χ3v) is 3.49. The van der Waals surface area contributed by atoms with E-state index < -0.39 is 0 Å². The molecule has 90 valence electrons. The van der Waals surface area contributed by atoms with E-state index in [1.807, 2.05) is 12.1 Å². The molecule has 0 bridgehead atoms. The Kier molecular flexibility index (Phi) is 1.89. The molecule has 0 spiro atoms. The van der Waals surface area contributed by atoms with Crippen molar-refractivity contribution in [1.82, 2.24) is 10.1 Å². The predicted molar refractivity (Wildman–Crippen MR) is 65.4 cm³/mol. The molecule has 1 aliphatic heterocycles. The Morgan fingerprint density at radius 3 is 3.06 bits per heavy atom. The number of benzene rings is 1. The van der Waals surface area contributed by atoms with Crippen LogP contribution in [-0.2, 0) is 6.42 Å². The van der Waals surface area contributed by atoms with Gasteiger partial charge in [-0.2, -0.15) is 4.98 Å². The van der Waals surface area contributed by atoms with Gasteiger partial charge in [0, 0.05) is 12.0 Å². The van der Waals surface area contributed by atoms with Gasteiger partial charge in [-0.15, -0.1) is 0 Å². The van der Waals surface area contributed by atoms with Crippen LogP contribution >= 0.6 is 0 Å². The maximum atomic E-state index is 5.48. The van der Waals surface area contributed by atoms with Crippen LogP contribution < -0.4 is 4.74 Å². The van der Waals surface area contributed by atoms with E-state index in [9.17, 15) is 0 Å². The van der Waals surface area contributed by atoms with Crippen molar-refractivity contribution in [3.63, 3.8) is 0 Å². The van der Waals surface area contributed by atoms with Crippen LogP contribution in [0.25, 0.3) is 11.4 Å². The summed E-state index contributed by atoms with van der Waals surface area (Å²) in [6, 6.07) is 6.03. The van der Waals surface area contributed by atoms with Gasteiger partial charge in [-0.05, 0) is 30.2 Å². The van der Waals surface area contributed by atoms with E-state index in [-0.39, 0.29) is 5.92 Å². The Morgan fingerprint density at radius 1 is 1.33 bits per heavy atom. The van der Waals surface area contributed by atoms with Crippen molar-refractivity contribution in [2.24, 2.45) is 0 Å². The van der Waals surface area contributed by atoms with Crippen LogP contribution in [0.2, 0.25) is 0 Å². The second kappa shape index (κ2) is 3.45. The molecule has 2 aliphatic rings. The fraction of sp³-hybridized carbons (Fsp3) is 0.286. The first-order valence-corrected chi connectivity index (χ1v) is 6.08. The summed E-state index contributed by atoms with van der Waals surface area (Å²) in [5.41, 5.74) is 3.38. The number of hydrogen-bond donors (Lipinski definition) is 0. The average Bonchev–Trinajstić information content (AvgIpc) is 2.88. The molecule has 2 aromatic rings. The molecule has 4 rings (SSSR count). The minimum Gasteiger partial charge on any atom is -0.493 e. The summed E-state index contributed by atoms with van der Waals surface area (Å²) in [5, 5.41) is 4.04. The lowest BCUT2D eigenvalue weighted by Crippen LogP contribution is -1.85. The van der Waals surface area contributed by atoms with Gasteiger partial charge in [0.1, 0.15) is 5.75 Å². The fourth-order valence-electron chi connectivity index (χ4n) is 2.28. The summed E-state index contributed by atoms with van der Waals surface area (Å²) >= 11 is 0. The van der Waals surface area contributed by atoms with Crippen molar-refractivity contribution < 1.29 is 9.26 Å². The lowest BCUT2D eigenvalue weighted by Gasteiger charge is -1.99. The van der Waals surface area contributed by atoms with Crippen molar-refractivity contribution in [3.8, 4) is 17.1 Å². The highest BCUT2D eigenvalue weighted by molar-refractivity contribution is 5.59. The molecule has 1 saturated carbocycles. The molecular formula is C14H12N2O2. The van der Waals surface area contributed by atoms with E-state index in [0.29, 0.717) is 11.7 Å². The molecular weight excluding hydrogens is 228 g/mol. The summed E-state index contributed by atoms with van der Waals surface area (Å²) < 4.78 is 10.8. The van der Waals surface area contributed by atoms with Crippen molar-refractivity contribution in [2.45, 2.75) is 18.8 Å². The number of hydrogen-bond acceptors (Lipinski definition) is 4. The highest BCUT2D eigenvalue weighted by Crippen LogP contribution is 2.45. The molecule has 1 aliphatic carbocycles. The molecule has 2 heterocycles. The molecule has 0 radical (unpaired) electrons. The molecule has 1 unspecified atom stereocenters. The number of fused-ring (bicyclic) bond motifs is 1. The zero-order chi connectivity index (χ0) is 12.1. The van der Waals surface area contributed by atoms with Gasteiger partial charge in [-0.25, -0.2) is 0 Å². The van der Waals surface area contributed by atoms with Crippen LogP contribution in [0, 0.1) is 0 Å². The van der Waals surface area contributed by atoms with E-state index in [4.69, 9.17) is 9.26 Å². The van der Waals surface area contributed by atoms with Gasteiger partial charge in [0.25, 0.3) is 0 Å². The van der Waals surface area contributed by atoms with Gasteiger partial charge < -0.3 is 9.26 Å². The summed E-state index contributed by atoms with van der Waals surface area (Å²) in [5.74, 6) is 2.59. The molecule has 0 N–H and O–H groups in total. The summed E-state index contributed by atoms with van der Waals surface area (Å²) in [6.07, 6.45) is 1.92. The number of ether oxygens (including phenoxy) is 1. The van der Waals surface area contributed by atoms with Crippen LogP contribution in [0.3, 0.4) is 0 Å². The van der Waals surface area contributed by atoms with Gasteiger partial charge >= 0.3 is 0 Å². The van der Waals surface area contributed by atoms with E-state index in [2.05, 4.69) is 22.8 Å². The quantitative estimate of drug-likeness (QED) is 0.757. The molecule has 0 saturated heterocycles. The topological polar surface area (TPSA) is 48.2 Å². The number of allylic oxidation sites excluding steroid dienone is 1. The Bertz CT molecular complexity index is 645. The van der Waals surface area contributed by atoms with Crippen molar-refractivity contribution >= 4 is 0 Å². The summed E-state index contributed by atoms with van der Waals surface area (Å²) in [7, 11) is 0. The number of nitrogens with zero attached hydrogens (tertiary/aromatic N) is 2. The van der Waals surface area contributed by atoms with Crippen LogP contribution in [0.4, 0.5) is 0 Å². The Labute approximate surface area is 104 Å². The number of aromatic nitrogens is 2. The van der Waals surface area contributed by atoms with Crippen LogP contribution in [0.5, 0.6) is 5.75 Å².